The van der Waals surface area contributed by atoms with Crippen molar-refractivity contribution in [3.05, 3.63) is 24.0 Å². The van der Waals surface area contributed by atoms with Gasteiger partial charge in [-0.2, -0.15) is 0 Å². The Labute approximate surface area is 136 Å². The van der Waals surface area contributed by atoms with Crippen LogP contribution in [0.2, 0.25) is 0 Å². The molecule has 0 saturated carbocycles. The van der Waals surface area contributed by atoms with E-state index in [1.165, 1.54) is 11.0 Å². The summed E-state index contributed by atoms with van der Waals surface area (Å²) >= 11 is 2.17. The first-order valence-electron chi connectivity index (χ1n) is 6.85. The molecule has 0 aliphatic carbocycles. The molecular formula is C14H16FIN2O3. The highest BCUT2D eigenvalue weighted by Crippen LogP contribution is 2.28. The second kappa shape index (κ2) is 6.35. The lowest BCUT2D eigenvalue weighted by molar-refractivity contribution is 0.122. The van der Waals surface area contributed by atoms with Gasteiger partial charge in [0.25, 0.3) is 0 Å². The van der Waals surface area contributed by atoms with E-state index in [1.54, 1.807) is 12.1 Å². The van der Waals surface area contributed by atoms with Crippen molar-refractivity contribution in [2.45, 2.75) is 6.10 Å². The van der Waals surface area contributed by atoms with Gasteiger partial charge in [-0.15, -0.1) is 0 Å². The van der Waals surface area contributed by atoms with Crippen molar-refractivity contribution >= 4 is 40.1 Å². The number of hydrogen-bond acceptors (Lipinski definition) is 4. The normalized spacial score (nSPS) is 22.6. The SMILES string of the molecule is O=C1OC(CI)CN1c1ccc(N2CCOCC2)c(F)c1. The van der Waals surface area contributed by atoms with Crippen LogP contribution >= 0.6 is 22.6 Å². The zero-order valence-electron chi connectivity index (χ0n) is 11.4. The summed E-state index contributed by atoms with van der Waals surface area (Å²) in [5.41, 5.74) is 1.10. The van der Waals surface area contributed by atoms with Crippen molar-refractivity contribution in [3.63, 3.8) is 0 Å². The van der Waals surface area contributed by atoms with Crippen molar-refractivity contribution in [1.29, 1.82) is 0 Å². The van der Waals surface area contributed by atoms with Crippen LogP contribution in [0.15, 0.2) is 18.2 Å². The zero-order valence-corrected chi connectivity index (χ0v) is 13.6. The van der Waals surface area contributed by atoms with Crippen LogP contribution in [0.5, 0.6) is 0 Å². The van der Waals surface area contributed by atoms with E-state index in [4.69, 9.17) is 9.47 Å². The van der Waals surface area contributed by atoms with Crippen LogP contribution in [-0.4, -0.2) is 49.5 Å². The van der Waals surface area contributed by atoms with Crippen LogP contribution in [0.1, 0.15) is 0 Å². The lowest BCUT2D eigenvalue weighted by Crippen LogP contribution is -2.36. The van der Waals surface area contributed by atoms with E-state index in [9.17, 15) is 9.18 Å². The molecule has 1 amide bonds. The first-order valence-corrected chi connectivity index (χ1v) is 8.38. The Morgan fingerprint density at radius 3 is 2.71 bits per heavy atom. The number of cyclic esters (lactones) is 1. The minimum absolute atomic E-state index is 0.125. The fraction of sp³-hybridized carbons (Fsp3) is 0.500. The summed E-state index contributed by atoms with van der Waals surface area (Å²) in [5.74, 6) is -0.319. The van der Waals surface area contributed by atoms with Gasteiger partial charge in [0.1, 0.15) is 11.9 Å². The molecule has 2 aliphatic rings. The molecular weight excluding hydrogens is 390 g/mol. The topological polar surface area (TPSA) is 42.0 Å². The van der Waals surface area contributed by atoms with Crippen LogP contribution < -0.4 is 9.80 Å². The Kier molecular flexibility index (Phi) is 4.48. The number of rotatable bonds is 3. The largest absolute Gasteiger partial charge is 0.443 e. The van der Waals surface area contributed by atoms with Gasteiger partial charge in [0.05, 0.1) is 31.1 Å². The molecule has 2 saturated heterocycles. The number of carbonyl (C=O) groups is 1. The van der Waals surface area contributed by atoms with E-state index in [0.29, 0.717) is 44.2 Å². The molecule has 3 rings (SSSR count). The molecule has 2 heterocycles. The second-order valence-corrected chi connectivity index (χ2v) is 5.89. The summed E-state index contributed by atoms with van der Waals surface area (Å²) in [6.45, 7) is 3.05. The van der Waals surface area contributed by atoms with Crippen LogP contribution in [0.25, 0.3) is 0 Å². The smallest absolute Gasteiger partial charge is 0.414 e. The van der Waals surface area contributed by atoms with Crippen molar-refractivity contribution in [2.75, 3.05) is 47.1 Å². The van der Waals surface area contributed by atoms with Gasteiger partial charge in [-0.25, -0.2) is 9.18 Å². The summed E-state index contributed by atoms with van der Waals surface area (Å²) in [6.07, 6.45) is -0.532. The number of anilines is 2. The van der Waals surface area contributed by atoms with E-state index >= 15 is 0 Å². The van der Waals surface area contributed by atoms with Crippen molar-refractivity contribution < 1.29 is 18.7 Å². The molecule has 5 nitrogen and oxygen atoms in total. The first kappa shape index (κ1) is 14.8. The predicted molar refractivity (Wildman–Crippen MR) is 85.9 cm³/mol. The van der Waals surface area contributed by atoms with Gasteiger partial charge in [0.15, 0.2) is 0 Å². The molecule has 0 aromatic heterocycles. The minimum Gasteiger partial charge on any atom is -0.443 e. The molecule has 0 N–H and O–H groups in total. The average molecular weight is 406 g/mol. The second-order valence-electron chi connectivity index (χ2n) is 5.01. The lowest BCUT2D eigenvalue weighted by Gasteiger charge is -2.29. The molecule has 2 fully saturated rings. The fourth-order valence-electron chi connectivity index (χ4n) is 2.54. The third kappa shape index (κ3) is 3.08. The predicted octanol–water partition coefficient (Wildman–Crippen LogP) is 2.42. The lowest BCUT2D eigenvalue weighted by atomic mass is 10.2. The molecule has 114 valence electrons. The van der Waals surface area contributed by atoms with Crippen LogP contribution in [-0.2, 0) is 9.47 Å². The van der Waals surface area contributed by atoms with Gasteiger partial charge in [-0.1, -0.05) is 22.6 Å². The summed E-state index contributed by atoms with van der Waals surface area (Å²) < 4.78 is 25.5. The quantitative estimate of drug-likeness (QED) is 0.572. The summed E-state index contributed by atoms with van der Waals surface area (Å²) in [6, 6.07) is 4.90. The monoisotopic (exact) mass is 406 g/mol. The number of nitrogens with zero attached hydrogens (tertiary/aromatic N) is 2. The van der Waals surface area contributed by atoms with Crippen molar-refractivity contribution in [1.82, 2.24) is 0 Å². The molecule has 1 aromatic rings. The van der Waals surface area contributed by atoms with E-state index < -0.39 is 6.09 Å². The Hall–Kier alpha value is -1.09. The third-order valence-corrected chi connectivity index (χ3v) is 4.62. The molecule has 2 aliphatic heterocycles. The van der Waals surface area contributed by atoms with Gasteiger partial charge in [-0.3, -0.25) is 4.90 Å². The molecule has 1 aromatic carbocycles. The summed E-state index contributed by atoms with van der Waals surface area (Å²) in [4.78, 5) is 15.2. The number of benzene rings is 1. The molecule has 7 heteroatoms. The standard InChI is InChI=1S/C14H16FIN2O3/c15-12-7-10(18-9-11(8-16)21-14(18)19)1-2-13(12)17-3-5-20-6-4-17/h1-2,7,11H,3-6,8-9H2. The van der Waals surface area contributed by atoms with E-state index in [1.807, 2.05) is 4.90 Å². The number of amides is 1. The highest BCUT2D eigenvalue weighted by atomic mass is 127. The number of alkyl halides is 1. The maximum absolute atomic E-state index is 14.3. The highest BCUT2D eigenvalue weighted by molar-refractivity contribution is 14.1. The fourth-order valence-corrected chi connectivity index (χ4v) is 3.00. The zero-order chi connectivity index (χ0) is 14.8. The van der Waals surface area contributed by atoms with Crippen LogP contribution in [0, 0.1) is 5.82 Å². The molecule has 21 heavy (non-hydrogen) atoms. The Morgan fingerprint density at radius 1 is 1.33 bits per heavy atom. The Morgan fingerprint density at radius 2 is 2.10 bits per heavy atom. The molecule has 1 atom stereocenters. The van der Waals surface area contributed by atoms with Crippen molar-refractivity contribution in [3.8, 4) is 0 Å². The van der Waals surface area contributed by atoms with Gasteiger partial charge in [0, 0.05) is 17.5 Å². The minimum atomic E-state index is -0.407. The summed E-state index contributed by atoms with van der Waals surface area (Å²) in [7, 11) is 0. The maximum Gasteiger partial charge on any atom is 0.414 e. The van der Waals surface area contributed by atoms with Gasteiger partial charge >= 0.3 is 6.09 Å². The average Bonchev–Trinajstić information content (AvgIpc) is 2.89. The third-order valence-electron chi connectivity index (χ3n) is 3.64. The van der Waals surface area contributed by atoms with E-state index in [-0.39, 0.29) is 11.9 Å². The summed E-state index contributed by atoms with van der Waals surface area (Å²) in [5, 5.41) is 0. The molecule has 1 unspecified atom stereocenters. The Balaban J connectivity index is 1.79. The maximum atomic E-state index is 14.3. The highest BCUT2D eigenvalue weighted by Gasteiger charge is 2.32. The molecule has 0 radical (unpaired) electrons. The number of hydrogen-bond donors (Lipinski definition) is 0. The van der Waals surface area contributed by atoms with Crippen LogP contribution in [0.4, 0.5) is 20.6 Å². The Bertz CT molecular complexity index is 537. The number of ether oxygens (including phenoxy) is 2. The van der Waals surface area contributed by atoms with Gasteiger partial charge in [-0.05, 0) is 18.2 Å². The number of carbonyl (C=O) groups excluding carboxylic acids is 1. The number of halogens is 2. The number of morpholine rings is 1. The van der Waals surface area contributed by atoms with Crippen molar-refractivity contribution in [2.24, 2.45) is 0 Å². The first-order chi connectivity index (χ1) is 10.2. The van der Waals surface area contributed by atoms with E-state index in [2.05, 4.69) is 22.6 Å². The molecule has 0 spiro atoms. The van der Waals surface area contributed by atoms with Crippen LogP contribution in [0.3, 0.4) is 0 Å². The van der Waals surface area contributed by atoms with E-state index in [0.717, 1.165) is 4.43 Å². The van der Waals surface area contributed by atoms with Gasteiger partial charge in [0.2, 0.25) is 0 Å². The van der Waals surface area contributed by atoms with Gasteiger partial charge < -0.3 is 14.4 Å². The molecule has 0 bridgehead atoms.